The number of hydrogen-bond acceptors (Lipinski definition) is 6. The summed E-state index contributed by atoms with van der Waals surface area (Å²) in [7, 11) is 0. The number of thioether (sulfide) groups is 1. The topological polar surface area (TPSA) is 74.7 Å². The second-order valence-electron chi connectivity index (χ2n) is 5.13. The second kappa shape index (κ2) is 7.75. The van der Waals surface area contributed by atoms with Crippen LogP contribution in [0, 0.1) is 5.82 Å². The quantitative estimate of drug-likeness (QED) is 0.867. The Morgan fingerprint density at radius 1 is 1.44 bits per heavy atom. The van der Waals surface area contributed by atoms with Crippen LogP contribution in [-0.4, -0.2) is 38.7 Å². The van der Waals surface area contributed by atoms with Crippen LogP contribution in [0.4, 0.5) is 15.2 Å². The summed E-state index contributed by atoms with van der Waals surface area (Å²) in [6, 6.07) is 5.92. The molecule has 1 N–H and O–H groups in total. The van der Waals surface area contributed by atoms with Crippen LogP contribution in [0.1, 0.15) is 13.3 Å². The van der Waals surface area contributed by atoms with E-state index in [1.807, 2.05) is 6.92 Å². The van der Waals surface area contributed by atoms with Crippen molar-refractivity contribution in [2.45, 2.75) is 18.6 Å². The number of nitrogens with one attached hydrogen (secondary N) is 1. The molecule has 1 aliphatic heterocycles. The van der Waals surface area contributed by atoms with Gasteiger partial charge in [-0.1, -0.05) is 23.9 Å². The normalized spacial score (nSPS) is 18.8. The summed E-state index contributed by atoms with van der Waals surface area (Å²) in [5.41, 5.74) is 0.104. The van der Waals surface area contributed by atoms with Crippen molar-refractivity contribution in [3.8, 4) is 0 Å². The Kier molecular flexibility index (Phi) is 5.44. The number of amidine groups is 1. The third-order valence-corrected chi connectivity index (χ3v) is 5.31. The number of nitrogens with zero attached hydrogens (tertiary/aromatic N) is 3. The fraction of sp³-hybridized carbons (Fsp3) is 0.250. The van der Waals surface area contributed by atoms with E-state index in [9.17, 15) is 14.0 Å². The first-order valence-electron chi connectivity index (χ1n) is 7.59. The van der Waals surface area contributed by atoms with E-state index in [0.29, 0.717) is 16.8 Å². The number of para-hydroxylation sites is 1. The van der Waals surface area contributed by atoms with E-state index in [1.54, 1.807) is 23.7 Å². The van der Waals surface area contributed by atoms with Gasteiger partial charge in [-0.25, -0.2) is 9.37 Å². The Hall–Kier alpha value is -2.26. The van der Waals surface area contributed by atoms with Crippen molar-refractivity contribution in [2.24, 2.45) is 4.99 Å². The molecule has 2 aromatic rings. The van der Waals surface area contributed by atoms with Crippen molar-refractivity contribution in [2.75, 3.05) is 11.9 Å². The molecule has 2 amide bonds. The summed E-state index contributed by atoms with van der Waals surface area (Å²) in [5, 5.41) is 4.82. The molecule has 1 aromatic carbocycles. The number of aliphatic imine (C=N–C) groups is 1. The van der Waals surface area contributed by atoms with Gasteiger partial charge in [0.05, 0.1) is 5.69 Å². The van der Waals surface area contributed by atoms with Crippen molar-refractivity contribution in [1.29, 1.82) is 0 Å². The summed E-state index contributed by atoms with van der Waals surface area (Å²) in [4.78, 5) is 34.7. The number of thiazole rings is 1. The zero-order valence-electron chi connectivity index (χ0n) is 13.3. The molecule has 9 heteroatoms. The molecule has 1 atom stereocenters. The van der Waals surface area contributed by atoms with E-state index in [1.165, 1.54) is 40.1 Å². The van der Waals surface area contributed by atoms with Crippen LogP contribution >= 0.6 is 23.1 Å². The van der Waals surface area contributed by atoms with E-state index in [0.717, 1.165) is 0 Å². The number of anilines is 1. The van der Waals surface area contributed by atoms with Crippen molar-refractivity contribution in [3.63, 3.8) is 0 Å². The average molecular weight is 378 g/mol. The van der Waals surface area contributed by atoms with Crippen molar-refractivity contribution in [1.82, 2.24) is 9.88 Å². The van der Waals surface area contributed by atoms with Gasteiger partial charge in [0, 0.05) is 24.5 Å². The van der Waals surface area contributed by atoms with Gasteiger partial charge in [0.2, 0.25) is 16.9 Å². The highest BCUT2D eigenvalue weighted by atomic mass is 32.2. The van der Waals surface area contributed by atoms with Gasteiger partial charge in [-0.05, 0) is 19.1 Å². The number of aromatic nitrogens is 1. The zero-order chi connectivity index (χ0) is 17.8. The Bertz CT molecular complexity index is 810. The summed E-state index contributed by atoms with van der Waals surface area (Å²) in [6.45, 7) is 2.30. The predicted octanol–water partition coefficient (Wildman–Crippen LogP) is 3.26. The van der Waals surface area contributed by atoms with E-state index in [2.05, 4.69) is 15.3 Å². The molecule has 0 bridgehead atoms. The molecule has 3 rings (SSSR count). The molecular formula is C16H15FN4O2S2. The molecule has 2 heterocycles. The SMILES string of the molecule is CCN1C(=O)C(CC(=O)Nc2ccccc2F)S/C1=N/c1nccs1. The predicted molar refractivity (Wildman–Crippen MR) is 97.6 cm³/mol. The average Bonchev–Trinajstić information content (AvgIpc) is 3.19. The van der Waals surface area contributed by atoms with Gasteiger partial charge in [0.25, 0.3) is 0 Å². The molecule has 0 aliphatic carbocycles. The Morgan fingerprint density at radius 3 is 2.92 bits per heavy atom. The van der Waals surface area contributed by atoms with Crippen molar-refractivity contribution < 1.29 is 14.0 Å². The van der Waals surface area contributed by atoms with Crippen molar-refractivity contribution in [3.05, 3.63) is 41.7 Å². The van der Waals surface area contributed by atoms with E-state index in [-0.39, 0.29) is 18.0 Å². The molecule has 0 spiro atoms. The minimum atomic E-state index is -0.578. The molecule has 1 saturated heterocycles. The third-order valence-electron chi connectivity index (χ3n) is 3.47. The molecule has 1 aromatic heterocycles. The molecule has 1 unspecified atom stereocenters. The highest BCUT2D eigenvalue weighted by Crippen LogP contribution is 2.32. The molecule has 1 fully saturated rings. The molecular weight excluding hydrogens is 363 g/mol. The molecule has 0 radical (unpaired) electrons. The molecule has 1 aliphatic rings. The lowest BCUT2D eigenvalue weighted by Crippen LogP contribution is -2.33. The Balaban J connectivity index is 1.69. The fourth-order valence-corrected chi connectivity index (χ4v) is 4.07. The van der Waals surface area contributed by atoms with Crippen LogP contribution in [0.5, 0.6) is 0 Å². The fourth-order valence-electron chi connectivity index (χ4n) is 2.30. The van der Waals surface area contributed by atoms with Crippen LogP contribution in [0.15, 0.2) is 40.8 Å². The molecule has 0 saturated carbocycles. The molecule has 6 nitrogen and oxygen atoms in total. The monoisotopic (exact) mass is 378 g/mol. The highest BCUT2D eigenvalue weighted by Gasteiger charge is 2.38. The smallest absolute Gasteiger partial charge is 0.242 e. The van der Waals surface area contributed by atoms with Gasteiger partial charge >= 0.3 is 0 Å². The zero-order valence-corrected chi connectivity index (χ0v) is 14.9. The Morgan fingerprint density at radius 2 is 2.24 bits per heavy atom. The number of carbonyl (C=O) groups excluding carboxylic acids is 2. The molecule has 130 valence electrons. The lowest BCUT2D eigenvalue weighted by atomic mass is 10.2. The first-order valence-corrected chi connectivity index (χ1v) is 9.35. The van der Waals surface area contributed by atoms with Crippen molar-refractivity contribution >= 4 is 50.9 Å². The van der Waals surface area contributed by atoms with Gasteiger partial charge in [-0.3, -0.25) is 14.5 Å². The van der Waals surface area contributed by atoms with Crippen LogP contribution in [0.2, 0.25) is 0 Å². The summed E-state index contributed by atoms with van der Waals surface area (Å²) in [6.07, 6.45) is 1.59. The number of hydrogen-bond donors (Lipinski definition) is 1. The standard InChI is InChI=1S/C16H15FN4O2S2/c1-2-21-14(23)12(25-16(21)20-15-18-7-8-24-15)9-13(22)19-11-6-4-3-5-10(11)17/h3-8,12H,2,9H2,1H3,(H,19,22)/b20-16+. The summed E-state index contributed by atoms with van der Waals surface area (Å²) >= 11 is 2.60. The summed E-state index contributed by atoms with van der Waals surface area (Å²) < 4.78 is 13.6. The third kappa shape index (κ3) is 4.05. The van der Waals surface area contributed by atoms with Gasteiger partial charge < -0.3 is 5.32 Å². The second-order valence-corrected chi connectivity index (χ2v) is 7.17. The molecule has 25 heavy (non-hydrogen) atoms. The van der Waals surface area contributed by atoms with Crippen LogP contribution in [0.3, 0.4) is 0 Å². The van der Waals surface area contributed by atoms with Gasteiger partial charge in [-0.15, -0.1) is 11.3 Å². The van der Waals surface area contributed by atoms with Crippen LogP contribution in [-0.2, 0) is 9.59 Å². The summed E-state index contributed by atoms with van der Waals surface area (Å²) in [5.74, 6) is -1.10. The highest BCUT2D eigenvalue weighted by molar-refractivity contribution is 8.15. The number of amides is 2. The number of rotatable bonds is 5. The maximum absolute atomic E-state index is 13.6. The number of carbonyl (C=O) groups is 2. The lowest BCUT2D eigenvalue weighted by molar-refractivity contribution is -0.128. The van der Waals surface area contributed by atoms with Gasteiger partial charge in [0.1, 0.15) is 11.1 Å². The van der Waals surface area contributed by atoms with E-state index < -0.39 is 17.0 Å². The van der Waals surface area contributed by atoms with Crippen LogP contribution < -0.4 is 5.32 Å². The first-order chi connectivity index (χ1) is 12.1. The van der Waals surface area contributed by atoms with Gasteiger partial charge in [-0.2, -0.15) is 4.99 Å². The van der Waals surface area contributed by atoms with E-state index in [4.69, 9.17) is 0 Å². The maximum atomic E-state index is 13.6. The minimum Gasteiger partial charge on any atom is -0.324 e. The maximum Gasteiger partial charge on any atom is 0.242 e. The minimum absolute atomic E-state index is 0.0504. The van der Waals surface area contributed by atoms with Crippen LogP contribution in [0.25, 0.3) is 0 Å². The first kappa shape index (κ1) is 17.6. The van der Waals surface area contributed by atoms with Gasteiger partial charge in [0.15, 0.2) is 5.17 Å². The Labute approximate surface area is 152 Å². The van der Waals surface area contributed by atoms with E-state index >= 15 is 0 Å². The lowest BCUT2D eigenvalue weighted by Gasteiger charge is -2.12. The largest absolute Gasteiger partial charge is 0.324 e. The number of halogens is 1. The number of benzene rings is 1.